The molecule has 11 heteroatoms. The number of hydrogen-bond donors (Lipinski definition) is 1. The number of anilines is 1. The maximum atomic E-state index is 13.0. The first-order valence-electron chi connectivity index (χ1n) is 9.28. The first-order chi connectivity index (χ1) is 14.1. The monoisotopic (exact) mass is 443 g/mol. The van der Waals surface area contributed by atoms with E-state index in [0.717, 1.165) is 5.69 Å². The Balaban J connectivity index is 1.62. The number of carbonyl (C=O) groups excluding carboxylic acids is 2. The van der Waals surface area contributed by atoms with Crippen LogP contribution in [-0.4, -0.2) is 58.9 Å². The quantitative estimate of drug-likeness (QED) is 0.737. The first-order valence-corrected chi connectivity index (χ1v) is 9.66. The average molecular weight is 444 g/mol. The number of piperazine rings is 1. The highest BCUT2D eigenvalue weighted by atomic mass is 35.5. The third-order valence-electron chi connectivity index (χ3n) is 4.83. The van der Waals surface area contributed by atoms with Crippen LogP contribution in [0.5, 0.6) is 0 Å². The molecule has 2 aromatic rings. The topological polar surface area (TPSA) is 70.5 Å². The van der Waals surface area contributed by atoms with Gasteiger partial charge in [-0.3, -0.25) is 14.3 Å². The Morgan fingerprint density at radius 3 is 2.33 bits per heavy atom. The van der Waals surface area contributed by atoms with Gasteiger partial charge in [0.05, 0.1) is 24.3 Å². The molecule has 1 saturated heterocycles. The number of alkyl halides is 3. The normalized spacial score (nSPS) is 15.8. The Labute approximate surface area is 176 Å². The molecule has 0 spiro atoms. The average Bonchev–Trinajstić information content (AvgIpc) is 3.13. The summed E-state index contributed by atoms with van der Waals surface area (Å²) in [6.07, 6.45) is -2.26. The van der Waals surface area contributed by atoms with Gasteiger partial charge in [-0.25, -0.2) is 0 Å². The van der Waals surface area contributed by atoms with E-state index in [2.05, 4.69) is 10.4 Å². The first kappa shape index (κ1) is 21.9. The predicted molar refractivity (Wildman–Crippen MR) is 105 cm³/mol. The largest absolute Gasteiger partial charge is 0.391 e. The maximum absolute atomic E-state index is 13.0. The fraction of sp³-hybridized carbons (Fsp3) is 0.421. The summed E-state index contributed by atoms with van der Waals surface area (Å²) in [5.74, 6) is -1.91. The molecule has 0 bridgehead atoms. The number of nitrogens with one attached hydrogen (secondary N) is 1. The summed E-state index contributed by atoms with van der Waals surface area (Å²) in [6, 6.07) is 4.29. The Morgan fingerprint density at radius 2 is 1.80 bits per heavy atom. The number of aromatic nitrogens is 2. The van der Waals surface area contributed by atoms with Gasteiger partial charge in [0, 0.05) is 44.4 Å². The van der Waals surface area contributed by atoms with Crippen molar-refractivity contribution >= 4 is 29.1 Å². The second-order valence-corrected chi connectivity index (χ2v) is 7.48. The fourth-order valence-electron chi connectivity index (χ4n) is 3.28. The van der Waals surface area contributed by atoms with E-state index in [4.69, 9.17) is 11.6 Å². The summed E-state index contributed by atoms with van der Waals surface area (Å²) in [5, 5.41) is 6.69. The van der Waals surface area contributed by atoms with Gasteiger partial charge in [0.1, 0.15) is 0 Å². The molecule has 1 aliphatic rings. The molecular weight excluding hydrogens is 423 g/mol. The molecule has 0 aliphatic carbocycles. The third-order valence-corrected chi connectivity index (χ3v) is 5.08. The Kier molecular flexibility index (Phi) is 6.55. The van der Waals surface area contributed by atoms with Crippen molar-refractivity contribution in [2.75, 3.05) is 31.1 Å². The Bertz CT molecular complexity index is 892. The second kappa shape index (κ2) is 8.95. The highest BCUT2D eigenvalue weighted by molar-refractivity contribution is 6.35. The standard InChI is InChI=1S/C19H21ClF3N5O2/c1-26-12-15(11-24-26)27-6-8-28(9-7-27)18(30)17(29)25-16(10-19(21,22)23)13-2-4-14(20)5-3-13/h2-5,11-12,16H,6-10H2,1H3,(H,25,29). The molecule has 0 radical (unpaired) electrons. The van der Waals surface area contributed by atoms with E-state index < -0.39 is 30.5 Å². The Hall–Kier alpha value is -2.75. The highest BCUT2D eigenvalue weighted by Gasteiger charge is 2.35. The van der Waals surface area contributed by atoms with Crippen molar-refractivity contribution in [2.45, 2.75) is 18.6 Å². The summed E-state index contributed by atoms with van der Waals surface area (Å²) >= 11 is 5.78. The SMILES string of the molecule is Cn1cc(N2CCN(C(=O)C(=O)NC(CC(F)(F)F)c3ccc(Cl)cc3)CC2)cn1. The van der Waals surface area contributed by atoms with Gasteiger partial charge < -0.3 is 15.1 Å². The van der Waals surface area contributed by atoms with E-state index in [0.29, 0.717) is 18.1 Å². The molecular formula is C19H21ClF3N5O2. The number of hydrogen-bond acceptors (Lipinski definition) is 4. The lowest BCUT2D eigenvalue weighted by Gasteiger charge is -2.35. The van der Waals surface area contributed by atoms with Gasteiger partial charge in [0.2, 0.25) is 0 Å². The van der Waals surface area contributed by atoms with Crippen LogP contribution in [0.4, 0.5) is 18.9 Å². The van der Waals surface area contributed by atoms with Crippen LogP contribution in [0.2, 0.25) is 5.02 Å². The lowest BCUT2D eigenvalue weighted by molar-refractivity contribution is -0.151. The van der Waals surface area contributed by atoms with Gasteiger partial charge in [-0.2, -0.15) is 18.3 Å². The van der Waals surface area contributed by atoms with Crippen molar-refractivity contribution in [1.29, 1.82) is 0 Å². The summed E-state index contributed by atoms with van der Waals surface area (Å²) in [6.45, 7) is 1.56. The van der Waals surface area contributed by atoms with E-state index in [1.54, 1.807) is 17.9 Å². The molecule has 7 nitrogen and oxygen atoms in total. The van der Waals surface area contributed by atoms with E-state index in [9.17, 15) is 22.8 Å². The molecule has 1 fully saturated rings. The number of halogens is 4. The van der Waals surface area contributed by atoms with E-state index in [-0.39, 0.29) is 18.7 Å². The van der Waals surface area contributed by atoms with Gasteiger partial charge in [-0.1, -0.05) is 23.7 Å². The number of aryl methyl sites for hydroxylation is 1. The van der Waals surface area contributed by atoms with Crippen LogP contribution in [0.1, 0.15) is 18.0 Å². The van der Waals surface area contributed by atoms with Gasteiger partial charge >= 0.3 is 18.0 Å². The number of rotatable bonds is 4. The minimum atomic E-state index is -4.52. The van der Waals surface area contributed by atoms with Crippen LogP contribution < -0.4 is 10.2 Å². The summed E-state index contributed by atoms with van der Waals surface area (Å²) < 4.78 is 40.7. The summed E-state index contributed by atoms with van der Waals surface area (Å²) in [7, 11) is 1.80. The molecule has 30 heavy (non-hydrogen) atoms. The van der Waals surface area contributed by atoms with Crippen molar-refractivity contribution in [3.05, 3.63) is 47.2 Å². The van der Waals surface area contributed by atoms with Gasteiger partial charge in [-0.15, -0.1) is 0 Å². The summed E-state index contributed by atoms with van der Waals surface area (Å²) in [4.78, 5) is 28.3. The zero-order valence-electron chi connectivity index (χ0n) is 16.2. The number of nitrogens with zero attached hydrogens (tertiary/aromatic N) is 4. The molecule has 1 atom stereocenters. The van der Waals surface area contributed by atoms with Crippen molar-refractivity contribution < 1.29 is 22.8 Å². The van der Waals surface area contributed by atoms with Crippen LogP contribution in [0.3, 0.4) is 0 Å². The van der Waals surface area contributed by atoms with Crippen LogP contribution in [0.15, 0.2) is 36.7 Å². The number of carbonyl (C=O) groups is 2. The van der Waals surface area contributed by atoms with Crippen molar-refractivity contribution in [3.63, 3.8) is 0 Å². The zero-order chi connectivity index (χ0) is 21.9. The smallest absolute Gasteiger partial charge is 0.365 e. The molecule has 162 valence electrons. The lowest BCUT2D eigenvalue weighted by Crippen LogP contribution is -2.53. The van der Waals surface area contributed by atoms with E-state index in [1.165, 1.54) is 29.2 Å². The van der Waals surface area contributed by atoms with Gasteiger partial charge in [-0.05, 0) is 17.7 Å². The van der Waals surface area contributed by atoms with Crippen LogP contribution in [0, 0.1) is 0 Å². The molecule has 1 unspecified atom stereocenters. The minimum absolute atomic E-state index is 0.222. The molecule has 3 rings (SSSR count). The minimum Gasteiger partial charge on any atom is -0.365 e. The number of amides is 2. The highest BCUT2D eigenvalue weighted by Crippen LogP contribution is 2.30. The summed E-state index contributed by atoms with van der Waals surface area (Å²) in [5.41, 5.74) is 1.13. The van der Waals surface area contributed by atoms with Crippen molar-refractivity contribution in [2.24, 2.45) is 7.05 Å². The Morgan fingerprint density at radius 1 is 1.17 bits per heavy atom. The number of benzene rings is 1. The van der Waals surface area contributed by atoms with Crippen molar-refractivity contribution in [3.8, 4) is 0 Å². The zero-order valence-corrected chi connectivity index (χ0v) is 17.0. The van der Waals surface area contributed by atoms with Crippen molar-refractivity contribution in [1.82, 2.24) is 20.0 Å². The lowest BCUT2D eigenvalue weighted by atomic mass is 10.0. The van der Waals surface area contributed by atoms with Gasteiger partial charge in [0.25, 0.3) is 0 Å². The maximum Gasteiger partial charge on any atom is 0.391 e. The third kappa shape index (κ3) is 5.65. The molecule has 1 aliphatic heterocycles. The van der Waals surface area contributed by atoms with E-state index >= 15 is 0 Å². The van der Waals surface area contributed by atoms with Crippen LogP contribution in [0.25, 0.3) is 0 Å². The van der Waals surface area contributed by atoms with Gasteiger partial charge in [0.15, 0.2) is 0 Å². The molecule has 0 saturated carbocycles. The molecule has 1 aromatic heterocycles. The van der Waals surface area contributed by atoms with Crippen LogP contribution in [-0.2, 0) is 16.6 Å². The molecule has 2 amide bonds. The van der Waals surface area contributed by atoms with Crippen LogP contribution >= 0.6 is 11.6 Å². The fourth-order valence-corrected chi connectivity index (χ4v) is 3.41. The predicted octanol–water partition coefficient (Wildman–Crippen LogP) is 2.53. The molecule has 1 N–H and O–H groups in total. The van der Waals surface area contributed by atoms with E-state index in [1.807, 2.05) is 11.1 Å². The molecule has 2 heterocycles. The second-order valence-electron chi connectivity index (χ2n) is 7.05. The molecule has 1 aromatic carbocycles.